The minimum absolute atomic E-state index is 0.0588. The lowest BCUT2D eigenvalue weighted by atomic mass is 9.98. The highest BCUT2D eigenvalue weighted by Crippen LogP contribution is 2.21. The molecule has 0 bridgehead atoms. The van der Waals surface area contributed by atoms with E-state index in [4.69, 9.17) is 5.84 Å². The van der Waals surface area contributed by atoms with Crippen molar-refractivity contribution in [2.45, 2.75) is 45.7 Å². The van der Waals surface area contributed by atoms with E-state index in [0.29, 0.717) is 6.04 Å². The topological polar surface area (TPSA) is 68.8 Å². The van der Waals surface area contributed by atoms with Gasteiger partial charge in [-0.2, -0.15) is 5.10 Å². The molecule has 2 rings (SSSR count). The van der Waals surface area contributed by atoms with E-state index < -0.39 is 0 Å². The minimum atomic E-state index is 0.0588. The molecule has 1 unspecified atom stereocenters. The number of nitrogens with zero attached hydrogens (tertiary/aromatic N) is 3. The summed E-state index contributed by atoms with van der Waals surface area (Å²) in [6.07, 6.45) is 7.45. The monoisotopic (exact) mass is 273 g/mol. The first-order chi connectivity index (χ1) is 9.65. The van der Waals surface area contributed by atoms with E-state index in [9.17, 15) is 0 Å². The first kappa shape index (κ1) is 14.7. The third-order valence-electron chi connectivity index (χ3n) is 3.50. The van der Waals surface area contributed by atoms with E-state index in [2.05, 4.69) is 42.3 Å². The van der Waals surface area contributed by atoms with Crippen LogP contribution in [0.2, 0.25) is 0 Å². The first-order valence-electron chi connectivity index (χ1n) is 7.08. The van der Waals surface area contributed by atoms with E-state index in [-0.39, 0.29) is 6.04 Å². The zero-order valence-electron chi connectivity index (χ0n) is 12.4. The predicted octanol–water partition coefficient (Wildman–Crippen LogP) is 2.17. The Balaban J connectivity index is 2.19. The molecule has 5 heteroatoms. The highest BCUT2D eigenvalue weighted by molar-refractivity contribution is 5.27. The van der Waals surface area contributed by atoms with Gasteiger partial charge in [0.05, 0.1) is 11.7 Å². The van der Waals surface area contributed by atoms with Gasteiger partial charge in [0.2, 0.25) is 0 Å². The molecule has 2 aromatic rings. The maximum absolute atomic E-state index is 5.74. The average molecular weight is 273 g/mol. The van der Waals surface area contributed by atoms with Gasteiger partial charge in [-0.1, -0.05) is 6.92 Å². The van der Waals surface area contributed by atoms with Crippen molar-refractivity contribution in [3.8, 4) is 0 Å². The smallest absolute Gasteiger partial charge is 0.0644 e. The van der Waals surface area contributed by atoms with Crippen molar-refractivity contribution < 1.29 is 0 Å². The third-order valence-corrected chi connectivity index (χ3v) is 3.50. The molecule has 0 aromatic carbocycles. The number of hydrogen-bond acceptors (Lipinski definition) is 4. The molecule has 0 aliphatic carbocycles. The lowest BCUT2D eigenvalue weighted by molar-refractivity contribution is 0.505. The molecule has 3 N–H and O–H groups in total. The van der Waals surface area contributed by atoms with Gasteiger partial charge in [-0.25, -0.2) is 0 Å². The van der Waals surface area contributed by atoms with Crippen molar-refractivity contribution in [2.75, 3.05) is 0 Å². The fourth-order valence-corrected chi connectivity index (χ4v) is 2.31. The van der Waals surface area contributed by atoms with E-state index in [1.807, 2.05) is 29.3 Å². The van der Waals surface area contributed by atoms with Crippen molar-refractivity contribution in [2.24, 2.45) is 5.84 Å². The van der Waals surface area contributed by atoms with Crippen LogP contribution < -0.4 is 11.3 Å². The highest BCUT2D eigenvalue weighted by Gasteiger charge is 2.15. The van der Waals surface area contributed by atoms with Crippen LogP contribution in [0, 0.1) is 0 Å². The van der Waals surface area contributed by atoms with Gasteiger partial charge >= 0.3 is 0 Å². The number of pyridine rings is 1. The summed E-state index contributed by atoms with van der Waals surface area (Å²) in [6, 6.07) is 4.52. The van der Waals surface area contributed by atoms with Crippen LogP contribution in [0.3, 0.4) is 0 Å². The zero-order chi connectivity index (χ0) is 14.5. The predicted molar refractivity (Wildman–Crippen MR) is 80.0 cm³/mol. The largest absolute Gasteiger partial charge is 0.271 e. The van der Waals surface area contributed by atoms with Crippen molar-refractivity contribution >= 4 is 0 Å². The van der Waals surface area contributed by atoms with Crippen LogP contribution in [-0.4, -0.2) is 14.8 Å². The molecule has 0 fully saturated rings. The number of nitrogens with two attached hydrogens (primary N) is 1. The van der Waals surface area contributed by atoms with E-state index >= 15 is 0 Å². The number of nitrogens with one attached hydrogen (secondary N) is 1. The van der Waals surface area contributed by atoms with Gasteiger partial charge in [0.15, 0.2) is 0 Å². The van der Waals surface area contributed by atoms with Gasteiger partial charge in [-0.05, 0) is 43.5 Å². The number of rotatable bonds is 6. The molecule has 0 spiro atoms. The Bertz CT molecular complexity index is 547. The SMILES string of the molecule is CCc1cnccc1C(Cc1ccn(C(C)C)n1)NN. The Morgan fingerprint density at radius 2 is 2.15 bits per heavy atom. The summed E-state index contributed by atoms with van der Waals surface area (Å²) in [6.45, 7) is 6.36. The molecule has 1 atom stereocenters. The molecule has 5 nitrogen and oxygen atoms in total. The molecule has 2 heterocycles. The van der Waals surface area contributed by atoms with E-state index in [1.54, 1.807) is 0 Å². The zero-order valence-corrected chi connectivity index (χ0v) is 12.4. The second-order valence-corrected chi connectivity index (χ2v) is 5.23. The first-order valence-corrected chi connectivity index (χ1v) is 7.08. The van der Waals surface area contributed by atoms with Gasteiger partial charge < -0.3 is 0 Å². The number of hydrazine groups is 1. The number of hydrogen-bond donors (Lipinski definition) is 2. The summed E-state index contributed by atoms with van der Waals surface area (Å²) >= 11 is 0. The second-order valence-electron chi connectivity index (χ2n) is 5.23. The van der Waals surface area contributed by atoms with Gasteiger partial charge in [0, 0.05) is 31.1 Å². The lowest BCUT2D eigenvalue weighted by Gasteiger charge is -2.18. The summed E-state index contributed by atoms with van der Waals surface area (Å²) in [5.41, 5.74) is 6.36. The normalized spacial score (nSPS) is 12.8. The third kappa shape index (κ3) is 3.23. The molecule has 0 aliphatic rings. The Kier molecular flexibility index (Phi) is 4.87. The Morgan fingerprint density at radius 1 is 1.35 bits per heavy atom. The maximum atomic E-state index is 5.74. The number of aryl methyl sites for hydroxylation is 1. The van der Waals surface area contributed by atoms with Crippen LogP contribution in [0.15, 0.2) is 30.7 Å². The average Bonchev–Trinajstić information content (AvgIpc) is 2.93. The van der Waals surface area contributed by atoms with E-state index in [0.717, 1.165) is 18.5 Å². The summed E-state index contributed by atoms with van der Waals surface area (Å²) in [4.78, 5) is 4.18. The molecule has 2 aromatic heterocycles. The molecular formula is C15H23N5. The van der Waals surface area contributed by atoms with Crippen molar-refractivity contribution in [3.63, 3.8) is 0 Å². The molecule has 0 amide bonds. The molecule has 20 heavy (non-hydrogen) atoms. The van der Waals surface area contributed by atoms with Gasteiger partial charge in [0.25, 0.3) is 0 Å². The second kappa shape index (κ2) is 6.63. The Hall–Kier alpha value is -1.72. The minimum Gasteiger partial charge on any atom is -0.271 e. The quantitative estimate of drug-likeness (QED) is 0.625. The van der Waals surface area contributed by atoms with Gasteiger partial charge in [0.1, 0.15) is 0 Å². The fraction of sp³-hybridized carbons (Fsp3) is 0.467. The van der Waals surface area contributed by atoms with Gasteiger partial charge in [-0.3, -0.25) is 20.9 Å². The molecule has 0 radical (unpaired) electrons. The molecular weight excluding hydrogens is 250 g/mol. The van der Waals surface area contributed by atoms with Crippen molar-refractivity contribution in [1.82, 2.24) is 20.2 Å². The highest BCUT2D eigenvalue weighted by atomic mass is 15.3. The Morgan fingerprint density at radius 3 is 2.75 bits per heavy atom. The number of aromatic nitrogens is 3. The Labute approximate surface area is 120 Å². The summed E-state index contributed by atoms with van der Waals surface area (Å²) in [5.74, 6) is 5.74. The fourth-order valence-electron chi connectivity index (χ4n) is 2.31. The van der Waals surface area contributed by atoms with Crippen LogP contribution in [0.1, 0.15) is 49.7 Å². The van der Waals surface area contributed by atoms with Gasteiger partial charge in [-0.15, -0.1) is 0 Å². The molecule has 0 aliphatic heterocycles. The summed E-state index contributed by atoms with van der Waals surface area (Å²) in [7, 11) is 0. The van der Waals surface area contributed by atoms with Crippen LogP contribution >= 0.6 is 0 Å². The van der Waals surface area contributed by atoms with E-state index in [1.165, 1.54) is 11.1 Å². The van der Waals surface area contributed by atoms with Crippen LogP contribution in [0.4, 0.5) is 0 Å². The van der Waals surface area contributed by atoms with Crippen molar-refractivity contribution in [3.05, 3.63) is 47.5 Å². The van der Waals surface area contributed by atoms with Crippen molar-refractivity contribution in [1.29, 1.82) is 0 Å². The molecule has 0 saturated carbocycles. The van der Waals surface area contributed by atoms with Crippen LogP contribution in [-0.2, 0) is 12.8 Å². The molecule has 0 saturated heterocycles. The lowest BCUT2D eigenvalue weighted by Crippen LogP contribution is -2.30. The standard InChI is InChI=1S/C15H23N5/c1-4-12-10-17-7-5-14(12)15(18-16)9-13-6-8-20(19-13)11(2)3/h5-8,10-11,15,18H,4,9,16H2,1-3H3. The summed E-state index contributed by atoms with van der Waals surface area (Å²) < 4.78 is 1.97. The maximum Gasteiger partial charge on any atom is 0.0644 e. The van der Waals surface area contributed by atoms with Crippen LogP contribution in [0.5, 0.6) is 0 Å². The van der Waals surface area contributed by atoms with Crippen LogP contribution in [0.25, 0.3) is 0 Å². The molecule has 108 valence electrons. The summed E-state index contributed by atoms with van der Waals surface area (Å²) in [5, 5.41) is 4.58.